The molecule has 150 valence electrons. The number of hydrogen-bond acceptors (Lipinski definition) is 3. The summed E-state index contributed by atoms with van der Waals surface area (Å²) in [6.07, 6.45) is 5.48. The molecule has 0 aromatic heterocycles. The molecule has 1 amide bonds. The molecule has 5 heteroatoms. The second-order valence-corrected chi connectivity index (χ2v) is 7.93. The Bertz CT molecular complexity index is 819. The van der Waals surface area contributed by atoms with Crippen LogP contribution in [0.5, 0.6) is 0 Å². The first-order valence-electron chi connectivity index (χ1n) is 9.69. The topological polar surface area (TPSA) is 66.4 Å². The molecule has 0 saturated carbocycles. The van der Waals surface area contributed by atoms with E-state index in [9.17, 15) is 14.7 Å². The lowest BCUT2D eigenvalue weighted by molar-refractivity contribution is -0.139. The van der Waals surface area contributed by atoms with Crippen molar-refractivity contribution in [2.45, 2.75) is 45.6 Å². The van der Waals surface area contributed by atoms with Crippen LogP contribution in [0.15, 0.2) is 42.5 Å². The molecular formula is C23H29NO3S. The quantitative estimate of drug-likeness (QED) is 0.594. The number of carbonyl (C=O) groups excluding carboxylic acids is 1. The molecule has 2 aromatic carbocycles. The molecule has 2 rings (SSSR count). The average molecular weight is 400 g/mol. The van der Waals surface area contributed by atoms with Gasteiger partial charge in [0.2, 0.25) is 0 Å². The van der Waals surface area contributed by atoms with E-state index in [-0.39, 0.29) is 5.91 Å². The Kier molecular flexibility index (Phi) is 8.58. The van der Waals surface area contributed by atoms with E-state index in [1.807, 2.05) is 49.6 Å². The van der Waals surface area contributed by atoms with E-state index in [0.29, 0.717) is 17.7 Å². The summed E-state index contributed by atoms with van der Waals surface area (Å²) < 4.78 is 0. The van der Waals surface area contributed by atoms with Crippen molar-refractivity contribution >= 4 is 23.6 Å². The molecular weight excluding hydrogens is 370 g/mol. The van der Waals surface area contributed by atoms with Gasteiger partial charge in [0, 0.05) is 5.56 Å². The van der Waals surface area contributed by atoms with Crippen molar-refractivity contribution < 1.29 is 14.7 Å². The van der Waals surface area contributed by atoms with E-state index >= 15 is 0 Å². The Hall–Kier alpha value is -2.27. The van der Waals surface area contributed by atoms with Crippen LogP contribution in [-0.4, -0.2) is 35.0 Å². The molecule has 1 unspecified atom stereocenters. The van der Waals surface area contributed by atoms with Gasteiger partial charge in [0.15, 0.2) is 0 Å². The Labute approximate surface area is 171 Å². The van der Waals surface area contributed by atoms with Crippen molar-refractivity contribution in [2.24, 2.45) is 0 Å². The van der Waals surface area contributed by atoms with Gasteiger partial charge in [-0.25, -0.2) is 4.79 Å². The number of nitrogens with one attached hydrogen (secondary N) is 1. The van der Waals surface area contributed by atoms with Crippen molar-refractivity contribution in [3.05, 3.63) is 59.2 Å². The first-order valence-corrected chi connectivity index (χ1v) is 11.1. The smallest absolute Gasteiger partial charge is 0.326 e. The SMILES string of the molecule is CCCCc1ccc(C(=O)NC(CCSC)C(=O)O)c(-c2ccccc2C)c1. The number of rotatable bonds is 10. The van der Waals surface area contributed by atoms with Gasteiger partial charge in [0.1, 0.15) is 6.04 Å². The number of carboxylic acids is 1. The molecule has 0 radical (unpaired) electrons. The summed E-state index contributed by atoms with van der Waals surface area (Å²) in [4.78, 5) is 24.5. The number of thioether (sulfide) groups is 1. The first kappa shape index (κ1) is 22.0. The summed E-state index contributed by atoms with van der Waals surface area (Å²) in [7, 11) is 0. The zero-order valence-electron chi connectivity index (χ0n) is 16.8. The second kappa shape index (κ2) is 10.9. The van der Waals surface area contributed by atoms with Gasteiger partial charge in [0.25, 0.3) is 5.91 Å². The van der Waals surface area contributed by atoms with Crippen LogP contribution in [-0.2, 0) is 11.2 Å². The zero-order valence-corrected chi connectivity index (χ0v) is 17.6. The van der Waals surface area contributed by atoms with Gasteiger partial charge in [0.05, 0.1) is 0 Å². The Morgan fingerprint density at radius 2 is 1.89 bits per heavy atom. The Morgan fingerprint density at radius 1 is 1.14 bits per heavy atom. The molecule has 2 aromatic rings. The van der Waals surface area contributed by atoms with Crippen molar-refractivity contribution in [3.63, 3.8) is 0 Å². The lowest BCUT2D eigenvalue weighted by Crippen LogP contribution is -2.41. The van der Waals surface area contributed by atoms with E-state index in [1.54, 1.807) is 11.8 Å². The third-order valence-corrected chi connectivity index (χ3v) is 5.44. The number of hydrogen-bond donors (Lipinski definition) is 2. The minimum absolute atomic E-state index is 0.339. The Morgan fingerprint density at radius 3 is 2.54 bits per heavy atom. The molecule has 1 atom stereocenters. The second-order valence-electron chi connectivity index (χ2n) is 6.94. The summed E-state index contributed by atoms with van der Waals surface area (Å²) in [5.74, 6) is -0.661. The summed E-state index contributed by atoms with van der Waals surface area (Å²) in [5.41, 5.74) is 4.65. The van der Waals surface area contributed by atoms with Crippen LogP contribution in [0.25, 0.3) is 11.1 Å². The minimum atomic E-state index is -1.00. The fourth-order valence-corrected chi connectivity index (χ4v) is 3.62. The van der Waals surface area contributed by atoms with Crippen LogP contribution >= 0.6 is 11.8 Å². The standard InChI is InChI=1S/C23H29NO3S/c1-4-5-9-17-11-12-19(20(15-17)18-10-7-6-8-16(18)2)22(25)24-21(23(26)27)13-14-28-3/h6-8,10-12,15,21H,4-5,9,13-14H2,1-3H3,(H,24,25)(H,26,27). The molecule has 0 saturated heterocycles. The maximum Gasteiger partial charge on any atom is 0.326 e. The maximum absolute atomic E-state index is 13.0. The molecule has 28 heavy (non-hydrogen) atoms. The third-order valence-electron chi connectivity index (χ3n) is 4.80. The molecule has 0 fully saturated rings. The number of benzene rings is 2. The van der Waals surface area contributed by atoms with E-state index in [2.05, 4.69) is 18.3 Å². The van der Waals surface area contributed by atoms with E-state index in [4.69, 9.17) is 0 Å². The average Bonchev–Trinajstić information content (AvgIpc) is 2.69. The van der Waals surface area contributed by atoms with Gasteiger partial charge in [-0.1, -0.05) is 49.7 Å². The molecule has 0 aliphatic heterocycles. The van der Waals surface area contributed by atoms with Crippen molar-refractivity contribution in [2.75, 3.05) is 12.0 Å². The van der Waals surface area contributed by atoms with Crippen molar-refractivity contribution in [1.29, 1.82) is 0 Å². The summed E-state index contributed by atoms with van der Waals surface area (Å²) in [6, 6.07) is 13.0. The molecule has 0 heterocycles. The predicted octanol–water partition coefficient (Wildman–Crippen LogP) is 4.94. The summed E-state index contributed by atoms with van der Waals surface area (Å²) >= 11 is 1.57. The van der Waals surface area contributed by atoms with Crippen LogP contribution in [0.4, 0.5) is 0 Å². The summed E-state index contributed by atoms with van der Waals surface area (Å²) in [5, 5.41) is 12.2. The highest BCUT2D eigenvalue weighted by molar-refractivity contribution is 7.98. The molecule has 0 aliphatic carbocycles. The fourth-order valence-electron chi connectivity index (χ4n) is 3.15. The normalized spacial score (nSPS) is 11.8. The monoisotopic (exact) mass is 399 g/mol. The van der Waals surface area contributed by atoms with Gasteiger partial charge in [-0.05, 0) is 66.5 Å². The van der Waals surface area contributed by atoms with Crippen LogP contribution in [0.3, 0.4) is 0 Å². The largest absolute Gasteiger partial charge is 0.480 e. The Balaban J connectivity index is 2.40. The number of aryl methyl sites for hydroxylation is 2. The molecule has 0 aliphatic rings. The van der Waals surface area contributed by atoms with Crippen LogP contribution in [0.2, 0.25) is 0 Å². The van der Waals surface area contributed by atoms with Gasteiger partial charge < -0.3 is 10.4 Å². The highest BCUT2D eigenvalue weighted by Crippen LogP contribution is 2.29. The van der Waals surface area contributed by atoms with Gasteiger partial charge >= 0.3 is 5.97 Å². The van der Waals surface area contributed by atoms with Gasteiger partial charge in [-0.3, -0.25) is 4.79 Å². The van der Waals surface area contributed by atoms with Crippen LogP contribution < -0.4 is 5.32 Å². The minimum Gasteiger partial charge on any atom is -0.480 e. The number of amides is 1. The van der Waals surface area contributed by atoms with E-state index in [0.717, 1.165) is 36.0 Å². The summed E-state index contributed by atoms with van der Waals surface area (Å²) in [6.45, 7) is 4.18. The molecule has 0 bridgehead atoms. The first-order chi connectivity index (χ1) is 13.5. The zero-order chi connectivity index (χ0) is 20.5. The van der Waals surface area contributed by atoms with E-state index < -0.39 is 12.0 Å². The fraction of sp³-hybridized carbons (Fsp3) is 0.391. The molecule has 0 spiro atoms. The number of aliphatic carboxylic acids is 1. The molecule has 4 nitrogen and oxygen atoms in total. The van der Waals surface area contributed by atoms with Gasteiger partial charge in [-0.15, -0.1) is 0 Å². The van der Waals surface area contributed by atoms with Crippen molar-refractivity contribution in [1.82, 2.24) is 5.32 Å². The van der Waals surface area contributed by atoms with Gasteiger partial charge in [-0.2, -0.15) is 11.8 Å². The maximum atomic E-state index is 13.0. The predicted molar refractivity (Wildman–Crippen MR) is 117 cm³/mol. The number of carbonyl (C=O) groups is 2. The third kappa shape index (κ3) is 5.86. The number of carboxylic acid groups (broad SMARTS) is 1. The lowest BCUT2D eigenvalue weighted by Gasteiger charge is -2.17. The lowest BCUT2D eigenvalue weighted by atomic mass is 9.92. The highest BCUT2D eigenvalue weighted by atomic mass is 32.2. The number of unbranched alkanes of at least 4 members (excludes halogenated alkanes) is 1. The van der Waals surface area contributed by atoms with Crippen LogP contribution in [0, 0.1) is 6.92 Å². The highest BCUT2D eigenvalue weighted by Gasteiger charge is 2.22. The molecule has 2 N–H and O–H groups in total. The van der Waals surface area contributed by atoms with E-state index in [1.165, 1.54) is 5.56 Å². The van der Waals surface area contributed by atoms with Crippen molar-refractivity contribution in [3.8, 4) is 11.1 Å². The van der Waals surface area contributed by atoms with Crippen LogP contribution in [0.1, 0.15) is 47.7 Å².